The van der Waals surface area contributed by atoms with Crippen molar-refractivity contribution in [2.75, 3.05) is 4.90 Å². The molecule has 8 fully saturated rings. The molecule has 0 unspecified atom stereocenters. The molecule has 6 aromatic rings. The van der Waals surface area contributed by atoms with Gasteiger partial charge >= 0.3 is 0 Å². The summed E-state index contributed by atoms with van der Waals surface area (Å²) >= 11 is 0. The Bertz CT molecular complexity index is 2320. The van der Waals surface area contributed by atoms with Gasteiger partial charge in [-0.2, -0.15) is 0 Å². The minimum Gasteiger partial charge on any atom is -0.311 e. The quantitative estimate of drug-likeness (QED) is 0.150. The molecule has 0 aromatic heterocycles. The monoisotopic (exact) mass is 741 g/mol. The van der Waals surface area contributed by atoms with E-state index in [1.807, 2.05) is 0 Å². The fourth-order valence-electron chi connectivity index (χ4n) is 14.4. The van der Waals surface area contributed by atoms with Crippen molar-refractivity contribution in [2.24, 2.45) is 41.4 Å². The zero-order chi connectivity index (χ0) is 37.5. The van der Waals surface area contributed by atoms with Gasteiger partial charge in [-0.1, -0.05) is 115 Å². The summed E-state index contributed by atoms with van der Waals surface area (Å²) in [6, 6.07) is 57.9. The molecule has 284 valence electrons. The van der Waals surface area contributed by atoms with Crippen molar-refractivity contribution in [3.63, 3.8) is 0 Å². The Balaban J connectivity index is 0.857. The van der Waals surface area contributed by atoms with Crippen LogP contribution in [0.15, 0.2) is 152 Å². The Morgan fingerprint density at radius 1 is 0.351 bits per heavy atom. The van der Waals surface area contributed by atoms with Gasteiger partial charge in [0.05, 0.1) is 0 Å². The highest BCUT2D eigenvalue weighted by atomic mass is 15.1. The van der Waals surface area contributed by atoms with E-state index in [0.717, 1.165) is 47.3 Å². The molecule has 14 rings (SSSR count). The second-order valence-corrected chi connectivity index (χ2v) is 19.7. The number of anilines is 3. The second kappa shape index (κ2) is 13.6. The van der Waals surface area contributed by atoms with Crippen LogP contribution in [0.4, 0.5) is 17.1 Å². The summed E-state index contributed by atoms with van der Waals surface area (Å²) in [6.45, 7) is 0. The Kier molecular flexibility index (Phi) is 8.17. The number of hydrogen-bond donors (Lipinski definition) is 0. The summed E-state index contributed by atoms with van der Waals surface area (Å²) in [5, 5.41) is 0. The van der Waals surface area contributed by atoms with Crippen molar-refractivity contribution < 1.29 is 0 Å². The molecule has 0 radical (unpaired) electrons. The zero-order valence-electron chi connectivity index (χ0n) is 33.3. The van der Waals surface area contributed by atoms with E-state index in [9.17, 15) is 0 Å². The highest BCUT2D eigenvalue weighted by Gasteiger charge is 2.52. The SMILES string of the molecule is c1ccc(-c2ccc(N(c3ccc(-c4cccc(C5C6CC7CC(C6)CC5C7)c4)cc3)c3ccc(-c4cccc(C56CC7CC(CC(C7)C5)C6)c4)cc3)cc2)cc1. The van der Waals surface area contributed by atoms with Crippen molar-refractivity contribution in [3.05, 3.63) is 163 Å². The molecule has 6 aromatic carbocycles. The van der Waals surface area contributed by atoms with E-state index in [-0.39, 0.29) is 0 Å². The van der Waals surface area contributed by atoms with E-state index < -0.39 is 0 Å². The Labute approximate surface area is 340 Å². The van der Waals surface area contributed by atoms with E-state index in [1.165, 1.54) is 121 Å². The molecular formula is C56H55N. The highest BCUT2D eigenvalue weighted by molar-refractivity contribution is 5.81. The van der Waals surface area contributed by atoms with Crippen LogP contribution in [0.1, 0.15) is 87.7 Å². The van der Waals surface area contributed by atoms with Crippen LogP contribution in [0.25, 0.3) is 33.4 Å². The summed E-state index contributed by atoms with van der Waals surface area (Å²) in [7, 11) is 0. The molecule has 8 bridgehead atoms. The van der Waals surface area contributed by atoms with Crippen LogP contribution in [0.2, 0.25) is 0 Å². The molecule has 0 atom stereocenters. The molecule has 0 N–H and O–H groups in total. The molecule has 0 aliphatic heterocycles. The first-order valence-electron chi connectivity index (χ1n) is 22.5. The number of hydrogen-bond acceptors (Lipinski definition) is 1. The maximum Gasteiger partial charge on any atom is 0.0462 e. The van der Waals surface area contributed by atoms with Gasteiger partial charge in [0.2, 0.25) is 0 Å². The Hall–Kier alpha value is -4.88. The van der Waals surface area contributed by atoms with Gasteiger partial charge < -0.3 is 4.90 Å². The van der Waals surface area contributed by atoms with E-state index in [2.05, 4.69) is 157 Å². The first kappa shape index (κ1) is 34.2. The average molecular weight is 742 g/mol. The van der Waals surface area contributed by atoms with E-state index in [0.29, 0.717) is 5.41 Å². The lowest BCUT2D eigenvalue weighted by Gasteiger charge is -2.57. The number of benzene rings is 6. The van der Waals surface area contributed by atoms with Gasteiger partial charge in [-0.15, -0.1) is 0 Å². The highest BCUT2D eigenvalue weighted by Crippen LogP contribution is 2.62. The van der Waals surface area contributed by atoms with Crippen LogP contribution < -0.4 is 4.90 Å². The first-order valence-corrected chi connectivity index (χ1v) is 22.5. The lowest BCUT2D eigenvalue weighted by atomic mass is 9.48. The lowest BCUT2D eigenvalue weighted by molar-refractivity contribution is -0.00517. The van der Waals surface area contributed by atoms with E-state index in [1.54, 1.807) is 11.1 Å². The van der Waals surface area contributed by atoms with Crippen LogP contribution in [0.5, 0.6) is 0 Å². The second-order valence-electron chi connectivity index (χ2n) is 19.7. The molecule has 8 saturated carbocycles. The maximum atomic E-state index is 2.55. The zero-order valence-corrected chi connectivity index (χ0v) is 33.3. The van der Waals surface area contributed by atoms with Gasteiger partial charge in [0.15, 0.2) is 0 Å². The van der Waals surface area contributed by atoms with Crippen molar-refractivity contribution >= 4 is 17.1 Å². The molecule has 0 heterocycles. The van der Waals surface area contributed by atoms with Crippen molar-refractivity contribution in [3.8, 4) is 33.4 Å². The molecular weight excluding hydrogens is 687 g/mol. The van der Waals surface area contributed by atoms with Crippen LogP contribution >= 0.6 is 0 Å². The standard InChI is InChI=1S/C56H55N/c1-2-6-42(7-3-1)43-12-18-52(19-13-43)57(53-20-14-44(15-21-53)46-8-4-10-48(32-46)55-49-28-37-24-38(30-49)31-50(55)29-37)54-22-16-45(17-23-54)47-9-5-11-51(33-47)56-34-39-25-40(35-56)27-41(26-39)36-56/h1-23,32-33,37-41,49-50,55H,24-31,34-36H2. The topological polar surface area (TPSA) is 3.24 Å². The molecule has 0 spiro atoms. The Morgan fingerprint density at radius 2 is 0.772 bits per heavy atom. The van der Waals surface area contributed by atoms with Crippen LogP contribution in [0, 0.1) is 41.4 Å². The molecule has 8 aliphatic carbocycles. The van der Waals surface area contributed by atoms with Crippen LogP contribution in [-0.4, -0.2) is 0 Å². The summed E-state index contributed by atoms with van der Waals surface area (Å²) in [4.78, 5) is 2.43. The van der Waals surface area contributed by atoms with E-state index >= 15 is 0 Å². The molecule has 1 heteroatoms. The van der Waals surface area contributed by atoms with Gasteiger partial charge in [-0.05, 0) is 204 Å². The van der Waals surface area contributed by atoms with Crippen LogP contribution in [-0.2, 0) is 5.41 Å². The predicted molar refractivity (Wildman–Crippen MR) is 237 cm³/mol. The normalized spacial score (nSPS) is 30.5. The molecule has 0 amide bonds. The third-order valence-corrected chi connectivity index (χ3v) is 16.2. The fourth-order valence-corrected chi connectivity index (χ4v) is 14.4. The lowest BCUT2D eigenvalue weighted by Crippen LogP contribution is -2.48. The maximum absolute atomic E-state index is 2.55. The van der Waals surface area contributed by atoms with Gasteiger partial charge in [-0.3, -0.25) is 0 Å². The van der Waals surface area contributed by atoms with Gasteiger partial charge in [-0.25, -0.2) is 0 Å². The van der Waals surface area contributed by atoms with Crippen molar-refractivity contribution in [2.45, 2.75) is 82.0 Å². The number of nitrogens with zero attached hydrogens (tertiary/aromatic N) is 1. The summed E-state index contributed by atoms with van der Waals surface area (Å²) in [5.74, 6) is 7.45. The summed E-state index contributed by atoms with van der Waals surface area (Å²) in [6.07, 6.45) is 16.1. The van der Waals surface area contributed by atoms with Gasteiger partial charge in [0.25, 0.3) is 0 Å². The average Bonchev–Trinajstić information content (AvgIpc) is 3.24. The van der Waals surface area contributed by atoms with Gasteiger partial charge in [0, 0.05) is 17.1 Å². The summed E-state index contributed by atoms with van der Waals surface area (Å²) in [5.41, 5.74) is 14.9. The predicted octanol–water partition coefficient (Wildman–Crippen LogP) is 15.2. The third kappa shape index (κ3) is 6.11. The fraction of sp³-hybridized carbons (Fsp3) is 0.357. The third-order valence-electron chi connectivity index (χ3n) is 16.2. The minimum absolute atomic E-state index is 0.413. The molecule has 57 heavy (non-hydrogen) atoms. The largest absolute Gasteiger partial charge is 0.311 e. The van der Waals surface area contributed by atoms with E-state index in [4.69, 9.17) is 0 Å². The minimum atomic E-state index is 0.413. The van der Waals surface area contributed by atoms with Crippen molar-refractivity contribution in [1.82, 2.24) is 0 Å². The molecule has 0 saturated heterocycles. The molecule has 8 aliphatic rings. The Morgan fingerprint density at radius 3 is 1.30 bits per heavy atom. The summed E-state index contributed by atoms with van der Waals surface area (Å²) < 4.78 is 0. The van der Waals surface area contributed by atoms with Crippen molar-refractivity contribution in [1.29, 1.82) is 0 Å². The van der Waals surface area contributed by atoms with Crippen LogP contribution in [0.3, 0.4) is 0 Å². The smallest absolute Gasteiger partial charge is 0.0462 e. The van der Waals surface area contributed by atoms with Gasteiger partial charge in [0.1, 0.15) is 0 Å². The molecule has 1 nitrogen and oxygen atoms in total. The number of rotatable bonds is 8. The first-order chi connectivity index (χ1) is 28.1.